The van der Waals surface area contributed by atoms with E-state index in [9.17, 15) is 14.4 Å². The van der Waals surface area contributed by atoms with Crippen molar-refractivity contribution in [1.82, 2.24) is 10.2 Å². The molecule has 1 rings (SSSR count). The van der Waals surface area contributed by atoms with Gasteiger partial charge in [0.1, 0.15) is 6.04 Å². The van der Waals surface area contributed by atoms with Gasteiger partial charge in [0.25, 0.3) is 5.91 Å². The average molecular weight is 240 g/mol. The van der Waals surface area contributed by atoms with Crippen LogP contribution in [0.5, 0.6) is 0 Å². The molecule has 0 spiro atoms. The van der Waals surface area contributed by atoms with Gasteiger partial charge in [0, 0.05) is 18.4 Å². The molecule has 0 aliphatic carbocycles. The molecule has 3 amide bonds. The van der Waals surface area contributed by atoms with E-state index in [0.717, 1.165) is 0 Å². The molecule has 1 N–H and O–H groups in total. The summed E-state index contributed by atoms with van der Waals surface area (Å²) in [6.07, 6.45) is 0.713. The summed E-state index contributed by atoms with van der Waals surface area (Å²) in [5.74, 6) is -0.610. The van der Waals surface area contributed by atoms with Crippen molar-refractivity contribution in [1.29, 1.82) is 0 Å². The third kappa shape index (κ3) is 3.05. The van der Waals surface area contributed by atoms with E-state index in [1.807, 2.05) is 0 Å². The number of nitrogens with one attached hydrogen (secondary N) is 1. The first-order valence-electron chi connectivity index (χ1n) is 5.92. The van der Waals surface area contributed by atoms with Gasteiger partial charge in [0.05, 0.1) is 0 Å². The SMILES string of the molecule is CCN1C(=O)CC[C@H](NC(=O)C(C)(C)C)C1=O. The lowest BCUT2D eigenvalue weighted by Crippen LogP contribution is -2.55. The average Bonchev–Trinajstić information content (AvgIpc) is 2.21. The lowest BCUT2D eigenvalue weighted by atomic mass is 9.94. The fourth-order valence-corrected chi connectivity index (χ4v) is 1.68. The smallest absolute Gasteiger partial charge is 0.251 e. The third-order valence-electron chi connectivity index (χ3n) is 2.81. The Morgan fingerprint density at radius 2 is 2.00 bits per heavy atom. The number of likely N-dealkylation sites (tertiary alicyclic amines) is 1. The van der Waals surface area contributed by atoms with Gasteiger partial charge in [-0.05, 0) is 13.3 Å². The van der Waals surface area contributed by atoms with Gasteiger partial charge in [-0.1, -0.05) is 20.8 Å². The van der Waals surface area contributed by atoms with Crippen LogP contribution in [0, 0.1) is 5.41 Å². The Balaban J connectivity index is 2.71. The molecule has 0 aromatic carbocycles. The zero-order valence-corrected chi connectivity index (χ0v) is 10.9. The minimum absolute atomic E-state index is 0.154. The number of amides is 3. The molecule has 0 aromatic rings. The van der Waals surface area contributed by atoms with E-state index in [0.29, 0.717) is 19.4 Å². The molecular formula is C12H20N2O3. The molecule has 1 heterocycles. The summed E-state index contributed by atoms with van der Waals surface area (Å²) in [7, 11) is 0. The molecule has 1 aliphatic rings. The van der Waals surface area contributed by atoms with Crippen LogP contribution in [0.15, 0.2) is 0 Å². The fourth-order valence-electron chi connectivity index (χ4n) is 1.68. The second-order valence-corrected chi connectivity index (χ2v) is 5.29. The lowest BCUT2D eigenvalue weighted by molar-refractivity contribution is -0.151. The maximum absolute atomic E-state index is 11.9. The first kappa shape index (κ1) is 13.7. The number of rotatable bonds is 2. The van der Waals surface area contributed by atoms with Crippen LogP contribution in [0.3, 0.4) is 0 Å². The summed E-state index contributed by atoms with van der Waals surface area (Å²) in [5, 5.41) is 2.71. The molecule has 5 heteroatoms. The Kier molecular flexibility index (Phi) is 3.91. The lowest BCUT2D eigenvalue weighted by Gasteiger charge is -2.31. The predicted octanol–water partition coefficient (Wildman–Crippen LogP) is 0.686. The van der Waals surface area contributed by atoms with Crippen LogP contribution in [-0.2, 0) is 14.4 Å². The molecular weight excluding hydrogens is 220 g/mol. The van der Waals surface area contributed by atoms with E-state index in [-0.39, 0.29) is 17.7 Å². The van der Waals surface area contributed by atoms with E-state index >= 15 is 0 Å². The van der Waals surface area contributed by atoms with Crippen LogP contribution in [0.25, 0.3) is 0 Å². The Labute approximate surface area is 102 Å². The molecule has 0 bridgehead atoms. The summed E-state index contributed by atoms with van der Waals surface area (Å²) in [6, 6.07) is -0.556. The van der Waals surface area contributed by atoms with Crippen LogP contribution in [0.1, 0.15) is 40.5 Å². The van der Waals surface area contributed by atoms with E-state index in [2.05, 4.69) is 5.32 Å². The van der Waals surface area contributed by atoms with E-state index in [1.54, 1.807) is 27.7 Å². The van der Waals surface area contributed by atoms with Crippen LogP contribution >= 0.6 is 0 Å². The maximum atomic E-state index is 11.9. The molecule has 0 aromatic heterocycles. The Morgan fingerprint density at radius 1 is 1.41 bits per heavy atom. The second-order valence-electron chi connectivity index (χ2n) is 5.29. The quantitative estimate of drug-likeness (QED) is 0.722. The highest BCUT2D eigenvalue weighted by Crippen LogP contribution is 2.17. The van der Waals surface area contributed by atoms with Crippen molar-refractivity contribution in [3.8, 4) is 0 Å². The predicted molar refractivity (Wildman–Crippen MR) is 63.0 cm³/mol. The molecule has 1 atom stereocenters. The Hall–Kier alpha value is -1.39. The van der Waals surface area contributed by atoms with E-state index in [4.69, 9.17) is 0 Å². The van der Waals surface area contributed by atoms with Crippen LogP contribution in [0.2, 0.25) is 0 Å². The second kappa shape index (κ2) is 4.85. The Morgan fingerprint density at radius 3 is 2.47 bits per heavy atom. The molecule has 0 saturated carbocycles. The van der Waals surface area contributed by atoms with Crippen molar-refractivity contribution in [3.63, 3.8) is 0 Å². The van der Waals surface area contributed by atoms with Crippen molar-refractivity contribution < 1.29 is 14.4 Å². The molecule has 1 saturated heterocycles. The number of carbonyl (C=O) groups excluding carboxylic acids is 3. The number of likely N-dealkylation sites (N-methyl/N-ethyl adjacent to an activating group) is 1. The molecule has 96 valence electrons. The van der Waals surface area contributed by atoms with E-state index in [1.165, 1.54) is 4.90 Å². The van der Waals surface area contributed by atoms with Crippen LogP contribution < -0.4 is 5.32 Å². The highest BCUT2D eigenvalue weighted by Gasteiger charge is 2.35. The van der Waals surface area contributed by atoms with Crippen molar-refractivity contribution in [3.05, 3.63) is 0 Å². The summed E-state index contributed by atoms with van der Waals surface area (Å²) in [6.45, 7) is 7.48. The van der Waals surface area contributed by atoms with Gasteiger partial charge in [0.15, 0.2) is 0 Å². The normalized spacial score (nSPS) is 21.6. The van der Waals surface area contributed by atoms with E-state index < -0.39 is 11.5 Å². The monoisotopic (exact) mass is 240 g/mol. The van der Waals surface area contributed by atoms with Gasteiger partial charge in [-0.2, -0.15) is 0 Å². The molecule has 0 unspecified atom stereocenters. The van der Waals surface area contributed by atoms with Gasteiger partial charge in [-0.25, -0.2) is 0 Å². The van der Waals surface area contributed by atoms with Crippen molar-refractivity contribution >= 4 is 17.7 Å². The number of hydrogen-bond donors (Lipinski definition) is 1. The van der Waals surface area contributed by atoms with Gasteiger partial charge in [-0.15, -0.1) is 0 Å². The van der Waals surface area contributed by atoms with Gasteiger partial charge in [-0.3, -0.25) is 19.3 Å². The number of nitrogens with zero attached hydrogens (tertiary/aromatic N) is 1. The highest BCUT2D eigenvalue weighted by molar-refractivity contribution is 6.02. The van der Waals surface area contributed by atoms with Crippen molar-refractivity contribution in [2.45, 2.75) is 46.6 Å². The van der Waals surface area contributed by atoms with Crippen LogP contribution in [0.4, 0.5) is 0 Å². The highest BCUT2D eigenvalue weighted by atomic mass is 16.2. The zero-order valence-electron chi connectivity index (χ0n) is 10.9. The molecule has 1 aliphatic heterocycles. The number of piperidine rings is 1. The molecule has 5 nitrogen and oxygen atoms in total. The minimum atomic E-state index is -0.556. The van der Waals surface area contributed by atoms with Crippen molar-refractivity contribution in [2.24, 2.45) is 5.41 Å². The summed E-state index contributed by atoms with van der Waals surface area (Å²) < 4.78 is 0. The summed E-state index contributed by atoms with van der Waals surface area (Å²) in [4.78, 5) is 36.4. The first-order valence-corrected chi connectivity index (χ1v) is 5.92. The van der Waals surface area contributed by atoms with Crippen molar-refractivity contribution in [2.75, 3.05) is 6.54 Å². The molecule has 0 radical (unpaired) electrons. The van der Waals surface area contributed by atoms with Gasteiger partial charge < -0.3 is 5.32 Å². The largest absolute Gasteiger partial charge is 0.344 e. The number of carbonyl (C=O) groups is 3. The zero-order chi connectivity index (χ0) is 13.2. The van der Waals surface area contributed by atoms with Gasteiger partial charge in [0.2, 0.25) is 11.8 Å². The van der Waals surface area contributed by atoms with Gasteiger partial charge >= 0.3 is 0 Å². The summed E-state index contributed by atoms with van der Waals surface area (Å²) in [5.41, 5.74) is -0.529. The minimum Gasteiger partial charge on any atom is -0.344 e. The number of hydrogen-bond acceptors (Lipinski definition) is 3. The summed E-state index contributed by atoms with van der Waals surface area (Å²) >= 11 is 0. The third-order valence-corrected chi connectivity index (χ3v) is 2.81. The van der Waals surface area contributed by atoms with Crippen LogP contribution in [-0.4, -0.2) is 35.2 Å². The standard InChI is InChI=1S/C12H20N2O3/c1-5-14-9(15)7-6-8(10(14)16)13-11(17)12(2,3)4/h8H,5-7H2,1-4H3,(H,13,17)/t8-/m0/s1. The molecule has 1 fully saturated rings. The fraction of sp³-hybridized carbons (Fsp3) is 0.750. The first-order chi connectivity index (χ1) is 7.77. The number of imide groups is 1. The molecule has 17 heavy (non-hydrogen) atoms. The topological polar surface area (TPSA) is 66.5 Å². The Bertz CT molecular complexity index is 344. The maximum Gasteiger partial charge on any atom is 0.251 e.